The molecule has 20 heavy (non-hydrogen) atoms. The highest BCUT2D eigenvalue weighted by molar-refractivity contribution is 6.00. The molecule has 1 aromatic carbocycles. The first-order valence-corrected chi connectivity index (χ1v) is 5.75. The number of nitrogens with zero attached hydrogens (tertiary/aromatic N) is 2. The average molecular weight is 276 g/mol. The van der Waals surface area contributed by atoms with Crippen LogP contribution in [0, 0.1) is 10.1 Å². The van der Waals surface area contributed by atoms with Crippen molar-refractivity contribution >= 4 is 17.3 Å². The van der Waals surface area contributed by atoms with Crippen molar-refractivity contribution in [3.8, 4) is 0 Å². The number of hydrogen-bond donors (Lipinski definition) is 2. The highest BCUT2D eigenvalue weighted by Gasteiger charge is 2.16. The number of carbonyl (C=O) groups is 1. The molecule has 0 spiro atoms. The lowest BCUT2D eigenvalue weighted by Gasteiger charge is -2.08. The molecular weight excluding hydrogens is 264 g/mol. The molecule has 0 bridgehead atoms. The molecule has 1 amide bonds. The Morgan fingerprint density at radius 3 is 2.85 bits per heavy atom. The number of nitro benzene ring substituents is 1. The van der Waals surface area contributed by atoms with Gasteiger partial charge in [0.15, 0.2) is 0 Å². The molecule has 2 aromatic rings. The second-order valence-electron chi connectivity index (χ2n) is 3.91. The first kappa shape index (κ1) is 13.5. The van der Waals surface area contributed by atoms with Crippen molar-refractivity contribution in [2.75, 3.05) is 12.4 Å². The lowest BCUT2D eigenvalue weighted by Crippen LogP contribution is -2.24. The Bertz CT molecular complexity index is 624. The molecule has 1 heterocycles. The zero-order valence-electron chi connectivity index (χ0n) is 10.6. The molecule has 2 N–H and O–H groups in total. The Hall–Kier alpha value is -2.90. The summed E-state index contributed by atoms with van der Waals surface area (Å²) in [5.74, 6) is -0.430. The predicted molar refractivity (Wildman–Crippen MR) is 70.3 cm³/mol. The maximum absolute atomic E-state index is 12.1. The molecule has 0 aliphatic rings. The van der Waals surface area contributed by atoms with Gasteiger partial charge >= 0.3 is 0 Å². The summed E-state index contributed by atoms with van der Waals surface area (Å²) in [6.07, 6.45) is 1.40. The summed E-state index contributed by atoms with van der Waals surface area (Å²) < 4.78 is 4.65. The van der Waals surface area contributed by atoms with Crippen molar-refractivity contribution in [3.05, 3.63) is 51.9 Å². The topological polar surface area (TPSA) is 110 Å². The monoisotopic (exact) mass is 276 g/mol. The molecule has 0 radical (unpaired) electrons. The van der Waals surface area contributed by atoms with Crippen LogP contribution in [0.2, 0.25) is 0 Å². The molecule has 0 unspecified atom stereocenters. The van der Waals surface area contributed by atoms with Crippen LogP contribution in [-0.4, -0.2) is 23.0 Å². The molecule has 0 aliphatic carbocycles. The van der Waals surface area contributed by atoms with Crippen LogP contribution in [0.3, 0.4) is 0 Å². The largest absolute Gasteiger partial charge is 0.387 e. The molecule has 1 aromatic heterocycles. The second kappa shape index (κ2) is 5.83. The predicted octanol–water partition coefficient (Wildman–Crippen LogP) is 1.55. The van der Waals surface area contributed by atoms with Crippen LogP contribution in [0.4, 0.5) is 11.4 Å². The molecule has 0 saturated heterocycles. The summed E-state index contributed by atoms with van der Waals surface area (Å²) in [6.45, 7) is 0.182. The van der Waals surface area contributed by atoms with Gasteiger partial charge in [0.2, 0.25) is 0 Å². The molecule has 0 fully saturated rings. The minimum Gasteiger partial charge on any atom is -0.387 e. The van der Waals surface area contributed by atoms with Crippen LogP contribution in [-0.2, 0) is 6.54 Å². The van der Waals surface area contributed by atoms with Gasteiger partial charge in [-0.05, 0) is 6.07 Å². The van der Waals surface area contributed by atoms with Gasteiger partial charge in [0.05, 0.1) is 17.0 Å². The van der Waals surface area contributed by atoms with Gasteiger partial charge in [0.25, 0.3) is 11.6 Å². The summed E-state index contributed by atoms with van der Waals surface area (Å²) in [6, 6.07) is 5.67. The molecule has 0 saturated carbocycles. The normalized spacial score (nSPS) is 10.1. The number of anilines is 1. The Morgan fingerprint density at radius 2 is 2.25 bits per heavy atom. The smallest absolute Gasteiger partial charge is 0.270 e. The van der Waals surface area contributed by atoms with E-state index in [0.717, 1.165) is 0 Å². The van der Waals surface area contributed by atoms with Gasteiger partial charge in [-0.2, -0.15) is 0 Å². The third-order valence-electron chi connectivity index (χ3n) is 2.65. The number of nitrogens with one attached hydrogen (secondary N) is 2. The first-order valence-electron chi connectivity index (χ1n) is 5.75. The second-order valence-corrected chi connectivity index (χ2v) is 3.91. The Labute approximate surface area is 113 Å². The standard InChI is InChI=1S/C12H12N4O4/c1-13-11-3-2-9(16(18)19)6-10(11)12(17)14-7-8-4-5-20-15-8/h2-6,13H,7H2,1H3,(H,14,17). The van der Waals surface area contributed by atoms with Gasteiger partial charge in [-0.1, -0.05) is 5.16 Å². The van der Waals surface area contributed by atoms with Crippen LogP contribution < -0.4 is 10.6 Å². The maximum atomic E-state index is 12.1. The summed E-state index contributed by atoms with van der Waals surface area (Å²) >= 11 is 0. The highest BCUT2D eigenvalue weighted by atomic mass is 16.6. The van der Waals surface area contributed by atoms with Crippen LogP contribution in [0.5, 0.6) is 0 Å². The number of carbonyl (C=O) groups excluding carboxylic acids is 1. The van der Waals surface area contributed by atoms with Crippen molar-refractivity contribution in [2.24, 2.45) is 0 Å². The van der Waals surface area contributed by atoms with Crippen molar-refractivity contribution in [1.29, 1.82) is 0 Å². The fourth-order valence-corrected chi connectivity index (χ4v) is 1.65. The Kier molecular flexibility index (Phi) is 3.94. The number of amides is 1. The highest BCUT2D eigenvalue weighted by Crippen LogP contribution is 2.21. The van der Waals surface area contributed by atoms with E-state index in [1.54, 1.807) is 13.1 Å². The molecule has 8 heteroatoms. The van der Waals surface area contributed by atoms with E-state index in [1.165, 1.54) is 24.5 Å². The summed E-state index contributed by atoms with van der Waals surface area (Å²) in [5.41, 5.74) is 1.13. The molecule has 0 aliphatic heterocycles. The molecular formula is C12H12N4O4. The van der Waals surface area contributed by atoms with E-state index in [4.69, 9.17) is 0 Å². The Balaban J connectivity index is 2.18. The maximum Gasteiger partial charge on any atom is 0.270 e. The van der Waals surface area contributed by atoms with Crippen molar-refractivity contribution < 1.29 is 14.2 Å². The van der Waals surface area contributed by atoms with E-state index in [-0.39, 0.29) is 17.8 Å². The average Bonchev–Trinajstić information content (AvgIpc) is 2.97. The lowest BCUT2D eigenvalue weighted by atomic mass is 10.1. The van der Waals surface area contributed by atoms with E-state index in [1.807, 2.05) is 0 Å². The number of benzene rings is 1. The van der Waals surface area contributed by atoms with Gasteiger partial charge in [-0.3, -0.25) is 14.9 Å². The van der Waals surface area contributed by atoms with Crippen molar-refractivity contribution in [1.82, 2.24) is 10.5 Å². The fourth-order valence-electron chi connectivity index (χ4n) is 1.65. The van der Waals surface area contributed by atoms with E-state index in [9.17, 15) is 14.9 Å². The van der Waals surface area contributed by atoms with E-state index >= 15 is 0 Å². The first-order chi connectivity index (χ1) is 9.61. The Morgan fingerprint density at radius 1 is 1.45 bits per heavy atom. The van der Waals surface area contributed by atoms with E-state index in [2.05, 4.69) is 20.3 Å². The SMILES string of the molecule is CNc1ccc([N+](=O)[O-])cc1C(=O)NCc1ccon1. The van der Waals surface area contributed by atoms with Crippen molar-refractivity contribution in [2.45, 2.75) is 6.54 Å². The van der Waals surface area contributed by atoms with Crippen LogP contribution in [0.1, 0.15) is 16.1 Å². The van der Waals surface area contributed by atoms with Crippen molar-refractivity contribution in [3.63, 3.8) is 0 Å². The van der Waals surface area contributed by atoms with Gasteiger partial charge in [0.1, 0.15) is 12.0 Å². The molecule has 8 nitrogen and oxygen atoms in total. The van der Waals surface area contributed by atoms with Crippen LogP contribution in [0.25, 0.3) is 0 Å². The molecule has 2 rings (SSSR count). The van der Waals surface area contributed by atoms with Gasteiger partial charge in [-0.15, -0.1) is 0 Å². The van der Waals surface area contributed by atoms with Gasteiger partial charge < -0.3 is 15.2 Å². The number of non-ortho nitro benzene ring substituents is 1. The summed E-state index contributed by atoms with van der Waals surface area (Å²) in [4.78, 5) is 22.3. The quantitative estimate of drug-likeness (QED) is 0.633. The minimum atomic E-state index is -0.548. The number of aromatic nitrogens is 1. The zero-order chi connectivity index (χ0) is 14.5. The van der Waals surface area contributed by atoms with Crippen LogP contribution >= 0.6 is 0 Å². The molecule has 104 valence electrons. The minimum absolute atomic E-state index is 0.143. The van der Waals surface area contributed by atoms with Gasteiger partial charge in [-0.25, -0.2) is 0 Å². The number of hydrogen-bond acceptors (Lipinski definition) is 6. The third-order valence-corrected chi connectivity index (χ3v) is 2.65. The van der Waals surface area contributed by atoms with E-state index < -0.39 is 10.8 Å². The zero-order valence-corrected chi connectivity index (χ0v) is 10.6. The third kappa shape index (κ3) is 2.91. The van der Waals surface area contributed by atoms with Crippen LogP contribution in [0.15, 0.2) is 35.1 Å². The summed E-state index contributed by atoms with van der Waals surface area (Å²) in [5, 5.41) is 19.8. The number of nitro groups is 1. The fraction of sp³-hybridized carbons (Fsp3) is 0.167. The molecule has 0 atom stereocenters. The van der Waals surface area contributed by atoms with E-state index in [0.29, 0.717) is 11.4 Å². The lowest BCUT2D eigenvalue weighted by molar-refractivity contribution is -0.384. The summed E-state index contributed by atoms with van der Waals surface area (Å²) in [7, 11) is 1.63. The number of rotatable bonds is 5. The van der Waals surface area contributed by atoms with Gasteiger partial charge in [0, 0.05) is 30.9 Å².